The summed E-state index contributed by atoms with van der Waals surface area (Å²) in [7, 11) is 1.70. The molecular formula is C29H30ClN5O3. The number of piperidine rings is 1. The lowest BCUT2D eigenvalue weighted by Crippen LogP contribution is -2.43. The Kier molecular flexibility index (Phi) is 6.02. The van der Waals surface area contributed by atoms with Gasteiger partial charge in [-0.1, -0.05) is 25.4 Å². The Morgan fingerprint density at radius 1 is 1.16 bits per heavy atom. The van der Waals surface area contributed by atoms with Gasteiger partial charge in [0.25, 0.3) is 5.56 Å². The van der Waals surface area contributed by atoms with Crippen molar-refractivity contribution in [2.75, 3.05) is 18.1 Å². The summed E-state index contributed by atoms with van der Waals surface area (Å²) in [6.45, 7) is 7.29. The van der Waals surface area contributed by atoms with Gasteiger partial charge in [0.2, 0.25) is 0 Å². The number of halogens is 1. The van der Waals surface area contributed by atoms with E-state index in [-0.39, 0.29) is 17.5 Å². The van der Waals surface area contributed by atoms with Crippen LogP contribution in [0.1, 0.15) is 50.3 Å². The SMILES string of the molecule is Cc1ccnc(C(C)C)c1-n1c(=O)nc2c3c(c(Cl)c(-c4cccn(C)c4=O)cc31)OC[C@H]1CCCCN21. The van der Waals surface area contributed by atoms with Crippen molar-refractivity contribution in [1.82, 2.24) is 19.1 Å². The molecule has 0 spiro atoms. The largest absolute Gasteiger partial charge is 0.489 e. The molecule has 5 heterocycles. The monoisotopic (exact) mass is 531 g/mol. The molecule has 6 rings (SSSR count). The summed E-state index contributed by atoms with van der Waals surface area (Å²) in [6, 6.07) is 7.39. The highest BCUT2D eigenvalue weighted by atomic mass is 35.5. The van der Waals surface area contributed by atoms with Crippen LogP contribution in [0.3, 0.4) is 0 Å². The third-order valence-electron chi connectivity index (χ3n) is 7.71. The van der Waals surface area contributed by atoms with Gasteiger partial charge in [0.05, 0.1) is 33.3 Å². The molecule has 196 valence electrons. The number of aryl methyl sites for hydroxylation is 2. The molecule has 0 radical (unpaired) electrons. The Morgan fingerprint density at radius 2 is 1.97 bits per heavy atom. The highest BCUT2D eigenvalue weighted by Gasteiger charge is 2.34. The number of benzene rings is 1. The van der Waals surface area contributed by atoms with Gasteiger partial charge in [0.15, 0.2) is 5.75 Å². The van der Waals surface area contributed by atoms with Crippen molar-refractivity contribution in [2.45, 2.75) is 52.0 Å². The fourth-order valence-electron chi connectivity index (χ4n) is 5.79. The highest BCUT2D eigenvalue weighted by Crippen LogP contribution is 2.46. The Labute approximate surface area is 225 Å². The summed E-state index contributed by atoms with van der Waals surface area (Å²) >= 11 is 7.05. The zero-order valence-corrected chi connectivity index (χ0v) is 22.7. The van der Waals surface area contributed by atoms with Crippen molar-refractivity contribution in [3.05, 3.63) is 73.8 Å². The number of rotatable bonds is 3. The molecular weight excluding hydrogens is 502 g/mol. The minimum absolute atomic E-state index is 0.0672. The predicted molar refractivity (Wildman–Crippen MR) is 150 cm³/mol. The van der Waals surface area contributed by atoms with E-state index in [4.69, 9.17) is 16.3 Å². The van der Waals surface area contributed by atoms with Gasteiger partial charge in [0.1, 0.15) is 12.4 Å². The van der Waals surface area contributed by atoms with E-state index in [9.17, 15) is 9.59 Å². The highest BCUT2D eigenvalue weighted by molar-refractivity contribution is 6.36. The summed E-state index contributed by atoms with van der Waals surface area (Å²) in [5.74, 6) is 1.13. The van der Waals surface area contributed by atoms with Crippen molar-refractivity contribution >= 4 is 28.3 Å². The maximum absolute atomic E-state index is 14.0. The molecule has 4 aromatic rings. The predicted octanol–water partition coefficient (Wildman–Crippen LogP) is 4.98. The first-order valence-electron chi connectivity index (χ1n) is 13.1. The van der Waals surface area contributed by atoms with Crippen molar-refractivity contribution in [3.63, 3.8) is 0 Å². The number of nitrogens with zero attached hydrogens (tertiary/aromatic N) is 5. The quantitative estimate of drug-likeness (QED) is 0.371. The molecule has 9 heteroatoms. The van der Waals surface area contributed by atoms with E-state index in [0.29, 0.717) is 50.9 Å². The van der Waals surface area contributed by atoms with Crippen LogP contribution in [-0.4, -0.2) is 38.3 Å². The third kappa shape index (κ3) is 3.73. The van der Waals surface area contributed by atoms with Crippen LogP contribution >= 0.6 is 11.6 Å². The van der Waals surface area contributed by atoms with Gasteiger partial charge in [-0.25, -0.2) is 4.79 Å². The van der Waals surface area contributed by atoms with Gasteiger partial charge in [-0.05, 0) is 61.9 Å². The van der Waals surface area contributed by atoms with Crippen molar-refractivity contribution in [2.24, 2.45) is 7.05 Å². The normalized spacial score (nSPS) is 16.9. The van der Waals surface area contributed by atoms with E-state index in [1.807, 2.05) is 25.1 Å². The third-order valence-corrected chi connectivity index (χ3v) is 8.09. The molecule has 0 amide bonds. The first-order chi connectivity index (χ1) is 18.3. The molecule has 2 aliphatic heterocycles. The molecule has 3 aromatic heterocycles. The standard InChI is InChI=1S/C29H30ClN5O3/c1-16(2)24-25(17(3)10-11-31-24)35-21-14-20(19-9-7-12-33(4)28(19)36)23(30)26-22(21)27(32-29(35)37)34-13-6-5-8-18(34)15-38-26/h7,9-12,14,16,18H,5-6,8,13,15H2,1-4H3/t18-/m1/s1. The number of pyridine rings is 2. The minimum Gasteiger partial charge on any atom is -0.489 e. The molecule has 0 aliphatic carbocycles. The number of hydrogen-bond donors (Lipinski definition) is 0. The van der Waals surface area contributed by atoms with E-state index in [1.54, 1.807) is 30.1 Å². The number of hydrogen-bond acceptors (Lipinski definition) is 6. The molecule has 0 saturated carbocycles. The first-order valence-corrected chi connectivity index (χ1v) is 13.5. The van der Waals surface area contributed by atoms with Crippen LogP contribution < -0.4 is 20.9 Å². The van der Waals surface area contributed by atoms with Crippen LogP contribution in [0.15, 0.2) is 46.2 Å². The number of fused-ring (bicyclic) bond motifs is 2. The van der Waals surface area contributed by atoms with Crippen LogP contribution in [0.25, 0.3) is 27.7 Å². The summed E-state index contributed by atoms with van der Waals surface area (Å²) in [5.41, 5.74) is 3.38. The molecule has 2 aliphatic rings. The van der Waals surface area contributed by atoms with Gasteiger partial charge < -0.3 is 14.2 Å². The lowest BCUT2D eigenvalue weighted by Gasteiger charge is -2.35. The molecule has 1 saturated heterocycles. The van der Waals surface area contributed by atoms with Crippen molar-refractivity contribution < 1.29 is 4.74 Å². The van der Waals surface area contributed by atoms with Gasteiger partial charge in [-0.2, -0.15) is 4.98 Å². The van der Waals surface area contributed by atoms with Crippen LogP contribution in [0.2, 0.25) is 5.02 Å². The first kappa shape index (κ1) is 24.7. The van der Waals surface area contributed by atoms with Gasteiger partial charge in [0, 0.05) is 37.1 Å². The molecule has 38 heavy (non-hydrogen) atoms. The second-order valence-electron chi connectivity index (χ2n) is 10.5. The van der Waals surface area contributed by atoms with Crippen LogP contribution in [0, 0.1) is 6.92 Å². The van der Waals surface area contributed by atoms with Gasteiger partial charge in [-0.15, -0.1) is 0 Å². The summed E-state index contributed by atoms with van der Waals surface area (Å²) in [5, 5.41) is 1.04. The van der Waals surface area contributed by atoms with Crippen LogP contribution in [-0.2, 0) is 7.05 Å². The molecule has 1 atom stereocenters. The van der Waals surface area contributed by atoms with Crippen molar-refractivity contribution in [1.29, 1.82) is 0 Å². The lowest BCUT2D eigenvalue weighted by molar-refractivity contribution is 0.268. The van der Waals surface area contributed by atoms with E-state index >= 15 is 0 Å². The van der Waals surface area contributed by atoms with E-state index in [0.717, 1.165) is 37.1 Å². The molecule has 0 bridgehead atoms. The smallest absolute Gasteiger partial charge is 0.354 e. The fraction of sp³-hybridized carbons (Fsp3) is 0.379. The maximum atomic E-state index is 14.0. The number of aromatic nitrogens is 4. The molecule has 0 N–H and O–H groups in total. The zero-order chi connectivity index (χ0) is 26.7. The van der Waals surface area contributed by atoms with E-state index < -0.39 is 5.69 Å². The van der Waals surface area contributed by atoms with E-state index in [1.165, 1.54) is 4.57 Å². The summed E-state index contributed by atoms with van der Waals surface area (Å²) in [4.78, 5) is 38.7. The number of ether oxygens (including phenoxy) is 1. The fourth-order valence-corrected chi connectivity index (χ4v) is 6.09. The van der Waals surface area contributed by atoms with Gasteiger partial charge in [-0.3, -0.25) is 14.3 Å². The van der Waals surface area contributed by atoms with Crippen molar-refractivity contribution in [3.8, 4) is 22.6 Å². The molecule has 1 aromatic carbocycles. The number of anilines is 1. The maximum Gasteiger partial charge on any atom is 0.354 e. The van der Waals surface area contributed by atoms with Crippen LogP contribution in [0.4, 0.5) is 5.82 Å². The van der Waals surface area contributed by atoms with E-state index in [2.05, 4.69) is 28.7 Å². The Hall–Kier alpha value is -3.65. The molecule has 8 nitrogen and oxygen atoms in total. The zero-order valence-electron chi connectivity index (χ0n) is 22.0. The lowest BCUT2D eigenvalue weighted by atomic mass is 10.0. The summed E-state index contributed by atoms with van der Waals surface area (Å²) < 4.78 is 9.58. The second-order valence-corrected chi connectivity index (χ2v) is 10.9. The minimum atomic E-state index is -0.392. The Morgan fingerprint density at radius 3 is 2.76 bits per heavy atom. The van der Waals surface area contributed by atoms with Gasteiger partial charge >= 0.3 is 5.69 Å². The van der Waals surface area contributed by atoms with Crippen LogP contribution in [0.5, 0.6) is 5.75 Å². The molecule has 1 fully saturated rings. The second kappa shape index (κ2) is 9.27. The molecule has 0 unspecified atom stereocenters. The average Bonchev–Trinajstić information content (AvgIpc) is 3.06. The average molecular weight is 532 g/mol. The summed E-state index contributed by atoms with van der Waals surface area (Å²) in [6.07, 6.45) is 6.52. The topological polar surface area (TPSA) is 82.2 Å². The Bertz CT molecular complexity index is 1710. The Balaban J connectivity index is 1.80.